The molecule has 0 aliphatic carbocycles. The SMILES string of the molecule is CC[Si](C)(C)Oc1ccc(Br)cc1. The second-order valence-electron chi connectivity index (χ2n) is 3.67. The molecule has 1 aromatic carbocycles. The Morgan fingerprint density at radius 3 is 2.23 bits per heavy atom. The fourth-order valence-corrected chi connectivity index (χ4v) is 2.08. The predicted molar refractivity (Wildman–Crippen MR) is 62.7 cm³/mol. The van der Waals surface area contributed by atoms with E-state index < -0.39 is 8.32 Å². The summed E-state index contributed by atoms with van der Waals surface area (Å²) in [6.45, 7) is 6.65. The first-order valence-electron chi connectivity index (χ1n) is 4.48. The number of halogens is 1. The van der Waals surface area contributed by atoms with Crippen LogP contribution in [0.1, 0.15) is 6.92 Å². The van der Waals surface area contributed by atoms with E-state index in [9.17, 15) is 0 Å². The third-order valence-corrected chi connectivity index (χ3v) is 5.08. The molecule has 0 spiro atoms. The molecule has 0 unspecified atom stereocenters. The van der Waals surface area contributed by atoms with Gasteiger partial charge in [0.05, 0.1) is 0 Å². The molecule has 0 aromatic heterocycles. The van der Waals surface area contributed by atoms with Crippen LogP contribution in [0.2, 0.25) is 19.1 Å². The van der Waals surface area contributed by atoms with E-state index in [0.29, 0.717) is 0 Å². The number of benzene rings is 1. The molecule has 0 atom stereocenters. The Morgan fingerprint density at radius 2 is 1.77 bits per heavy atom. The smallest absolute Gasteiger partial charge is 0.244 e. The highest BCUT2D eigenvalue weighted by Crippen LogP contribution is 2.20. The Balaban J connectivity index is 2.69. The van der Waals surface area contributed by atoms with Crippen LogP contribution in [0.4, 0.5) is 0 Å². The van der Waals surface area contributed by atoms with Gasteiger partial charge in [-0.15, -0.1) is 0 Å². The van der Waals surface area contributed by atoms with Crippen LogP contribution in [0, 0.1) is 0 Å². The first-order chi connectivity index (χ1) is 6.03. The van der Waals surface area contributed by atoms with Crippen LogP contribution in [0.25, 0.3) is 0 Å². The van der Waals surface area contributed by atoms with E-state index >= 15 is 0 Å². The van der Waals surface area contributed by atoms with E-state index in [1.54, 1.807) is 0 Å². The molecule has 0 radical (unpaired) electrons. The lowest BCUT2D eigenvalue weighted by molar-refractivity contribution is 0.549. The van der Waals surface area contributed by atoms with Crippen molar-refractivity contribution in [3.8, 4) is 5.75 Å². The van der Waals surface area contributed by atoms with E-state index in [1.807, 2.05) is 24.3 Å². The quantitative estimate of drug-likeness (QED) is 0.744. The molecule has 0 aliphatic heterocycles. The van der Waals surface area contributed by atoms with E-state index in [-0.39, 0.29) is 0 Å². The van der Waals surface area contributed by atoms with Crippen molar-refractivity contribution in [3.05, 3.63) is 28.7 Å². The zero-order chi connectivity index (χ0) is 9.90. The highest BCUT2D eigenvalue weighted by atomic mass is 79.9. The van der Waals surface area contributed by atoms with Gasteiger partial charge in [0.15, 0.2) is 0 Å². The Bertz CT molecular complexity index is 269. The zero-order valence-electron chi connectivity index (χ0n) is 8.30. The van der Waals surface area contributed by atoms with Gasteiger partial charge in [0.1, 0.15) is 5.75 Å². The van der Waals surface area contributed by atoms with Crippen LogP contribution >= 0.6 is 15.9 Å². The van der Waals surface area contributed by atoms with Gasteiger partial charge < -0.3 is 4.43 Å². The van der Waals surface area contributed by atoms with Crippen LogP contribution in [0.3, 0.4) is 0 Å². The Morgan fingerprint density at radius 1 is 1.23 bits per heavy atom. The maximum Gasteiger partial charge on any atom is 0.244 e. The van der Waals surface area contributed by atoms with E-state index in [2.05, 4.69) is 35.9 Å². The van der Waals surface area contributed by atoms with Crippen molar-refractivity contribution in [2.75, 3.05) is 0 Å². The van der Waals surface area contributed by atoms with Gasteiger partial charge in [0.2, 0.25) is 8.32 Å². The van der Waals surface area contributed by atoms with Crippen LogP contribution in [0.15, 0.2) is 28.7 Å². The highest BCUT2D eigenvalue weighted by molar-refractivity contribution is 9.10. The molecule has 0 aliphatic rings. The summed E-state index contributed by atoms with van der Waals surface area (Å²) in [6.07, 6.45) is 0. The van der Waals surface area contributed by atoms with E-state index in [0.717, 1.165) is 16.3 Å². The lowest BCUT2D eigenvalue weighted by atomic mass is 10.3. The molecule has 13 heavy (non-hydrogen) atoms. The summed E-state index contributed by atoms with van der Waals surface area (Å²) >= 11 is 3.40. The molecular formula is C10H15BrOSi. The predicted octanol–water partition coefficient (Wildman–Crippen LogP) is 4.05. The van der Waals surface area contributed by atoms with Crippen molar-refractivity contribution in [3.63, 3.8) is 0 Å². The molecule has 1 rings (SSSR count). The van der Waals surface area contributed by atoms with Crippen LogP contribution in [-0.4, -0.2) is 8.32 Å². The van der Waals surface area contributed by atoms with Crippen LogP contribution in [-0.2, 0) is 0 Å². The summed E-state index contributed by atoms with van der Waals surface area (Å²) < 4.78 is 7.02. The second-order valence-corrected chi connectivity index (χ2v) is 9.02. The molecule has 0 saturated heterocycles. The second kappa shape index (κ2) is 4.29. The van der Waals surface area contributed by atoms with Gasteiger partial charge in [-0.2, -0.15) is 0 Å². The normalized spacial score (nSPS) is 11.4. The van der Waals surface area contributed by atoms with Crippen molar-refractivity contribution in [1.29, 1.82) is 0 Å². The molecule has 0 fully saturated rings. The lowest BCUT2D eigenvalue weighted by Crippen LogP contribution is -2.32. The Labute approximate surface area is 89.4 Å². The summed E-state index contributed by atoms with van der Waals surface area (Å²) in [4.78, 5) is 0. The molecule has 0 N–H and O–H groups in total. The van der Waals surface area contributed by atoms with Gasteiger partial charge in [-0.3, -0.25) is 0 Å². The minimum absolute atomic E-state index is 0.988. The van der Waals surface area contributed by atoms with Crippen molar-refractivity contribution in [1.82, 2.24) is 0 Å². The maximum atomic E-state index is 5.92. The molecule has 72 valence electrons. The van der Waals surface area contributed by atoms with Crippen molar-refractivity contribution < 1.29 is 4.43 Å². The third kappa shape index (κ3) is 3.52. The van der Waals surface area contributed by atoms with Crippen LogP contribution in [0.5, 0.6) is 5.75 Å². The number of rotatable bonds is 3. The van der Waals surface area contributed by atoms with E-state index in [4.69, 9.17) is 4.43 Å². The number of hydrogen-bond acceptors (Lipinski definition) is 1. The fourth-order valence-electron chi connectivity index (χ4n) is 0.894. The molecule has 0 heterocycles. The third-order valence-electron chi connectivity index (χ3n) is 2.06. The molecule has 3 heteroatoms. The minimum Gasteiger partial charge on any atom is -0.544 e. The van der Waals surface area contributed by atoms with Crippen molar-refractivity contribution in [2.24, 2.45) is 0 Å². The van der Waals surface area contributed by atoms with Gasteiger partial charge in [-0.25, -0.2) is 0 Å². The topological polar surface area (TPSA) is 9.23 Å². The summed E-state index contributed by atoms with van der Waals surface area (Å²) in [6, 6.07) is 9.18. The van der Waals surface area contributed by atoms with Gasteiger partial charge in [0, 0.05) is 4.47 Å². The molecule has 0 bridgehead atoms. The van der Waals surface area contributed by atoms with Crippen molar-refractivity contribution in [2.45, 2.75) is 26.1 Å². The Hall–Kier alpha value is -0.283. The largest absolute Gasteiger partial charge is 0.544 e. The summed E-state index contributed by atoms with van der Waals surface area (Å²) in [5, 5.41) is 0. The van der Waals surface area contributed by atoms with Gasteiger partial charge in [-0.1, -0.05) is 22.9 Å². The fraction of sp³-hybridized carbons (Fsp3) is 0.400. The molecule has 0 saturated carbocycles. The summed E-state index contributed by atoms with van der Waals surface area (Å²) in [5.41, 5.74) is 0. The highest BCUT2D eigenvalue weighted by Gasteiger charge is 2.20. The molecular weight excluding hydrogens is 244 g/mol. The van der Waals surface area contributed by atoms with Gasteiger partial charge in [0.25, 0.3) is 0 Å². The zero-order valence-corrected chi connectivity index (χ0v) is 10.9. The van der Waals surface area contributed by atoms with E-state index in [1.165, 1.54) is 0 Å². The summed E-state index contributed by atoms with van der Waals surface area (Å²) in [5.74, 6) is 0.988. The first kappa shape index (κ1) is 10.8. The summed E-state index contributed by atoms with van der Waals surface area (Å²) in [7, 11) is -1.45. The van der Waals surface area contributed by atoms with Crippen molar-refractivity contribution >= 4 is 24.2 Å². The Kier molecular flexibility index (Phi) is 3.56. The first-order valence-corrected chi connectivity index (χ1v) is 8.39. The number of hydrogen-bond donors (Lipinski definition) is 0. The maximum absolute atomic E-state index is 5.92. The molecule has 1 aromatic rings. The minimum atomic E-state index is -1.45. The average Bonchev–Trinajstić information content (AvgIpc) is 2.09. The standard InChI is InChI=1S/C10H15BrOSi/c1-4-13(2,3)12-10-7-5-9(11)6-8-10/h5-8H,4H2,1-3H3. The van der Waals surface area contributed by atoms with Crippen LogP contribution < -0.4 is 4.43 Å². The lowest BCUT2D eigenvalue weighted by Gasteiger charge is -2.22. The average molecular weight is 259 g/mol. The van der Waals surface area contributed by atoms with Gasteiger partial charge in [-0.05, 0) is 43.4 Å². The van der Waals surface area contributed by atoms with Gasteiger partial charge >= 0.3 is 0 Å². The monoisotopic (exact) mass is 258 g/mol. The molecule has 0 amide bonds. The molecule has 1 nitrogen and oxygen atoms in total.